The number of hydrogen-bond acceptors (Lipinski definition) is 2. The third-order valence-electron chi connectivity index (χ3n) is 3.15. The third kappa shape index (κ3) is 2.23. The number of halogens is 1. The Morgan fingerprint density at radius 3 is 2.79 bits per heavy atom. The van der Waals surface area contributed by atoms with Crippen LogP contribution in [0.1, 0.15) is 5.56 Å². The minimum Gasteiger partial charge on any atom is -0.330 e. The van der Waals surface area contributed by atoms with Crippen LogP contribution in [0.3, 0.4) is 0 Å². The molecule has 0 saturated carbocycles. The number of hydrogen-bond donors (Lipinski definition) is 1. The van der Waals surface area contributed by atoms with E-state index in [1.807, 2.05) is 53.3 Å². The highest BCUT2D eigenvalue weighted by Crippen LogP contribution is 2.25. The summed E-state index contributed by atoms with van der Waals surface area (Å²) in [6.45, 7) is 0.625. The van der Waals surface area contributed by atoms with Gasteiger partial charge in [0.25, 0.3) is 0 Å². The van der Waals surface area contributed by atoms with Gasteiger partial charge in [-0.2, -0.15) is 5.10 Å². The van der Waals surface area contributed by atoms with Gasteiger partial charge in [0, 0.05) is 5.39 Å². The van der Waals surface area contributed by atoms with Crippen molar-refractivity contribution in [2.75, 3.05) is 6.54 Å². The molecular weight excluding hydrogens is 258 g/mol. The lowest BCUT2D eigenvalue weighted by molar-refractivity contribution is 0.906. The summed E-state index contributed by atoms with van der Waals surface area (Å²) in [6.07, 6.45) is 2.68. The summed E-state index contributed by atoms with van der Waals surface area (Å²) in [5.41, 5.74) is 8.65. The summed E-state index contributed by atoms with van der Waals surface area (Å²) in [5.74, 6) is 0. The monoisotopic (exact) mass is 271 g/mol. The van der Waals surface area contributed by atoms with Crippen LogP contribution in [-0.2, 0) is 6.42 Å². The molecule has 0 fully saturated rings. The molecular formula is C15H14ClN3. The number of nitrogens with zero attached hydrogens (tertiary/aromatic N) is 2. The van der Waals surface area contributed by atoms with Crippen LogP contribution < -0.4 is 5.73 Å². The smallest absolute Gasteiger partial charge is 0.0839 e. The molecule has 19 heavy (non-hydrogen) atoms. The minimum absolute atomic E-state index is 0.625. The molecule has 1 aromatic heterocycles. The molecule has 2 aromatic carbocycles. The average Bonchev–Trinajstić information content (AvgIpc) is 2.83. The van der Waals surface area contributed by atoms with Crippen LogP contribution in [-0.4, -0.2) is 16.3 Å². The van der Waals surface area contributed by atoms with E-state index in [1.54, 1.807) is 0 Å². The van der Waals surface area contributed by atoms with Crippen molar-refractivity contribution in [3.05, 3.63) is 59.2 Å². The molecule has 3 nitrogen and oxygen atoms in total. The van der Waals surface area contributed by atoms with Crippen molar-refractivity contribution in [2.24, 2.45) is 5.73 Å². The zero-order valence-electron chi connectivity index (χ0n) is 10.4. The fourth-order valence-electron chi connectivity index (χ4n) is 2.21. The Bertz CT molecular complexity index is 718. The number of rotatable bonds is 3. The van der Waals surface area contributed by atoms with Gasteiger partial charge in [0.1, 0.15) is 0 Å². The molecule has 0 spiro atoms. The van der Waals surface area contributed by atoms with Crippen LogP contribution in [0.25, 0.3) is 16.6 Å². The van der Waals surface area contributed by atoms with E-state index < -0.39 is 0 Å². The standard InChI is InChI=1S/C15H14ClN3/c16-13-9-11(7-8-17)5-6-15(13)19-14-4-2-1-3-12(14)10-18-19/h1-6,9-10H,7-8,17H2. The molecule has 2 N–H and O–H groups in total. The van der Waals surface area contributed by atoms with Crippen LogP contribution in [0.4, 0.5) is 0 Å². The highest BCUT2D eigenvalue weighted by atomic mass is 35.5. The van der Waals surface area contributed by atoms with Gasteiger partial charge < -0.3 is 5.73 Å². The first-order valence-corrected chi connectivity index (χ1v) is 6.59. The summed E-state index contributed by atoms with van der Waals surface area (Å²) < 4.78 is 1.86. The summed E-state index contributed by atoms with van der Waals surface area (Å²) in [4.78, 5) is 0. The number of nitrogens with two attached hydrogens (primary N) is 1. The van der Waals surface area contributed by atoms with E-state index in [-0.39, 0.29) is 0 Å². The fraction of sp³-hybridized carbons (Fsp3) is 0.133. The molecule has 0 aliphatic heterocycles. The zero-order chi connectivity index (χ0) is 13.2. The topological polar surface area (TPSA) is 43.8 Å². The van der Waals surface area contributed by atoms with Crippen LogP contribution in [0.5, 0.6) is 0 Å². The van der Waals surface area contributed by atoms with Crippen molar-refractivity contribution in [1.82, 2.24) is 9.78 Å². The Hall–Kier alpha value is -1.84. The molecule has 4 heteroatoms. The second-order valence-electron chi connectivity index (χ2n) is 4.44. The SMILES string of the molecule is NCCc1ccc(-n2ncc3ccccc32)c(Cl)c1. The van der Waals surface area contributed by atoms with E-state index in [1.165, 1.54) is 0 Å². The summed E-state index contributed by atoms with van der Waals surface area (Å²) in [6, 6.07) is 14.1. The first kappa shape index (κ1) is 12.2. The van der Waals surface area contributed by atoms with E-state index >= 15 is 0 Å². The van der Waals surface area contributed by atoms with Gasteiger partial charge in [-0.1, -0.05) is 35.9 Å². The van der Waals surface area contributed by atoms with E-state index in [2.05, 4.69) is 5.10 Å². The fourth-order valence-corrected chi connectivity index (χ4v) is 2.49. The number of fused-ring (bicyclic) bond motifs is 1. The van der Waals surface area contributed by atoms with E-state index in [0.717, 1.165) is 28.6 Å². The summed E-state index contributed by atoms with van der Waals surface area (Å²) >= 11 is 6.36. The molecule has 0 unspecified atom stereocenters. The van der Waals surface area contributed by atoms with Crippen molar-refractivity contribution < 1.29 is 0 Å². The Morgan fingerprint density at radius 2 is 2.00 bits per heavy atom. The molecule has 0 radical (unpaired) electrons. The normalized spacial score (nSPS) is 11.1. The van der Waals surface area contributed by atoms with E-state index in [0.29, 0.717) is 11.6 Å². The number of benzene rings is 2. The lowest BCUT2D eigenvalue weighted by atomic mass is 10.1. The second kappa shape index (κ2) is 5.03. The van der Waals surface area contributed by atoms with Crippen molar-refractivity contribution in [3.8, 4) is 5.69 Å². The predicted octanol–water partition coefficient (Wildman–Crippen LogP) is 3.18. The molecule has 96 valence electrons. The van der Waals surface area contributed by atoms with Gasteiger partial charge in [0.2, 0.25) is 0 Å². The van der Waals surface area contributed by atoms with Gasteiger partial charge >= 0.3 is 0 Å². The maximum atomic E-state index is 6.36. The predicted molar refractivity (Wildman–Crippen MR) is 78.8 cm³/mol. The van der Waals surface area contributed by atoms with Crippen molar-refractivity contribution in [2.45, 2.75) is 6.42 Å². The van der Waals surface area contributed by atoms with E-state index in [4.69, 9.17) is 17.3 Å². The van der Waals surface area contributed by atoms with Crippen molar-refractivity contribution in [3.63, 3.8) is 0 Å². The maximum absolute atomic E-state index is 6.36. The Labute approximate surface area is 116 Å². The Morgan fingerprint density at radius 1 is 1.16 bits per heavy atom. The lowest BCUT2D eigenvalue weighted by Crippen LogP contribution is -2.03. The molecule has 0 atom stereocenters. The molecule has 3 aromatic rings. The Balaban J connectivity index is 2.11. The molecule has 0 saturated heterocycles. The maximum Gasteiger partial charge on any atom is 0.0839 e. The lowest BCUT2D eigenvalue weighted by Gasteiger charge is -2.08. The zero-order valence-corrected chi connectivity index (χ0v) is 11.1. The van der Waals surface area contributed by atoms with Gasteiger partial charge in [-0.3, -0.25) is 0 Å². The van der Waals surface area contributed by atoms with Gasteiger partial charge in [-0.25, -0.2) is 4.68 Å². The van der Waals surface area contributed by atoms with Crippen LogP contribution in [0.15, 0.2) is 48.7 Å². The van der Waals surface area contributed by atoms with Gasteiger partial charge in [0.05, 0.1) is 22.4 Å². The quantitative estimate of drug-likeness (QED) is 0.795. The summed E-state index contributed by atoms with van der Waals surface area (Å²) in [5, 5.41) is 6.21. The van der Waals surface area contributed by atoms with Crippen LogP contribution in [0, 0.1) is 0 Å². The molecule has 3 rings (SSSR count). The summed E-state index contributed by atoms with van der Waals surface area (Å²) in [7, 11) is 0. The van der Waals surface area contributed by atoms with Gasteiger partial charge in [-0.15, -0.1) is 0 Å². The highest BCUT2D eigenvalue weighted by Gasteiger charge is 2.08. The molecule has 0 amide bonds. The molecule has 0 aliphatic carbocycles. The Kier molecular flexibility index (Phi) is 3.23. The average molecular weight is 272 g/mol. The number of aromatic nitrogens is 2. The van der Waals surface area contributed by atoms with Crippen molar-refractivity contribution in [1.29, 1.82) is 0 Å². The first-order valence-electron chi connectivity index (χ1n) is 6.21. The second-order valence-corrected chi connectivity index (χ2v) is 4.85. The van der Waals surface area contributed by atoms with Crippen LogP contribution in [0.2, 0.25) is 5.02 Å². The van der Waals surface area contributed by atoms with Crippen LogP contribution >= 0.6 is 11.6 Å². The highest BCUT2D eigenvalue weighted by molar-refractivity contribution is 6.32. The molecule has 0 aliphatic rings. The third-order valence-corrected chi connectivity index (χ3v) is 3.45. The van der Waals surface area contributed by atoms with Gasteiger partial charge in [0.15, 0.2) is 0 Å². The largest absolute Gasteiger partial charge is 0.330 e. The van der Waals surface area contributed by atoms with E-state index in [9.17, 15) is 0 Å². The van der Waals surface area contributed by atoms with Crippen molar-refractivity contribution >= 4 is 22.5 Å². The minimum atomic E-state index is 0.625. The number of para-hydroxylation sites is 1. The van der Waals surface area contributed by atoms with Gasteiger partial charge in [-0.05, 0) is 36.7 Å². The molecule has 0 bridgehead atoms. The molecule has 1 heterocycles. The first-order chi connectivity index (χ1) is 9.29.